The van der Waals surface area contributed by atoms with E-state index in [4.69, 9.17) is 0 Å². The second kappa shape index (κ2) is 15.8. The molecule has 1 aliphatic rings. The zero-order chi connectivity index (χ0) is 22.2. The van der Waals surface area contributed by atoms with Crippen LogP contribution in [0.4, 0.5) is 0 Å². The lowest BCUT2D eigenvalue weighted by Crippen LogP contribution is -2.72. The predicted molar refractivity (Wildman–Crippen MR) is 139 cm³/mol. The fourth-order valence-corrected chi connectivity index (χ4v) is 3.51. The van der Waals surface area contributed by atoms with Gasteiger partial charge in [0.05, 0.1) is 0 Å². The van der Waals surface area contributed by atoms with Crippen LogP contribution in [-0.2, 0) is 0 Å². The summed E-state index contributed by atoms with van der Waals surface area (Å²) in [6.07, 6.45) is 26.8. The van der Waals surface area contributed by atoms with E-state index in [1.54, 1.807) is 0 Å². The Morgan fingerprint density at radius 3 is 0.833 bits per heavy atom. The highest BCUT2D eigenvalue weighted by Crippen LogP contribution is 2.24. The van der Waals surface area contributed by atoms with E-state index in [1.165, 1.54) is 0 Å². The van der Waals surface area contributed by atoms with E-state index in [-0.39, 0.29) is 20.9 Å². The van der Waals surface area contributed by atoms with E-state index in [1.807, 2.05) is 0 Å². The maximum Gasteiger partial charge on any atom is 0.380 e. The van der Waals surface area contributed by atoms with Crippen molar-refractivity contribution in [2.45, 2.75) is 80.1 Å². The number of nitrogens with zero attached hydrogens (tertiary/aromatic N) is 3. The Bertz CT molecular complexity index is 474. The zero-order valence-electron chi connectivity index (χ0n) is 20.2. The standard InChI is InChI=1S/C24H42B3N3/c1-7-13-19-25-28(22-16-10-4)26(20-14-8-2)30(24-18-12-6)27(21-15-9-3)29(25)23-17-11-5/h13-24H,7-12H2,1-6H3. The summed E-state index contributed by atoms with van der Waals surface area (Å²) in [5.41, 5.74) is 0. The third kappa shape index (κ3) is 7.70. The number of rotatable bonds is 12. The van der Waals surface area contributed by atoms with Crippen molar-refractivity contribution in [3.8, 4) is 0 Å². The molecule has 1 rings (SSSR count). The first kappa shape index (κ1) is 26.1. The first-order valence-corrected chi connectivity index (χ1v) is 12.0. The summed E-state index contributed by atoms with van der Waals surface area (Å²) in [7, 11) is 0. The minimum atomic E-state index is 0.167. The van der Waals surface area contributed by atoms with Crippen molar-refractivity contribution in [1.29, 1.82) is 0 Å². The highest BCUT2D eigenvalue weighted by atomic mass is 15.3. The van der Waals surface area contributed by atoms with E-state index in [0.29, 0.717) is 0 Å². The van der Waals surface area contributed by atoms with Crippen molar-refractivity contribution in [3.05, 3.63) is 73.0 Å². The number of allylic oxidation sites excluding steroid dienone is 6. The predicted octanol–water partition coefficient (Wildman–Crippen LogP) is 6.66. The molecule has 1 fully saturated rings. The molecule has 0 spiro atoms. The van der Waals surface area contributed by atoms with Crippen molar-refractivity contribution < 1.29 is 0 Å². The Morgan fingerprint density at radius 1 is 0.400 bits per heavy atom. The fraction of sp³-hybridized carbons (Fsp3) is 0.500. The molecule has 0 aromatic heterocycles. The minimum Gasteiger partial charge on any atom is -0.424 e. The summed E-state index contributed by atoms with van der Waals surface area (Å²) >= 11 is 0. The van der Waals surface area contributed by atoms with Gasteiger partial charge in [0.1, 0.15) is 0 Å². The monoisotopic (exact) mass is 405 g/mol. The minimum absolute atomic E-state index is 0.167. The Morgan fingerprint density at radius 2 is 0.633 bits per heavy atom. The molecule has 0 N–H and O–H groups in total. The second-order valence-corrected chi connectivity index (χ2v) is 7.47. The van der Waals surface area contributed by atoms with Gasteiger partial charge in [0.2, 0.25) is 0 Å². The topological polar surface area (TPSA) is 9.72 Å². The van der Waals surface area contributed by atoms with Gasteiger partial charge in [0.15, 0.2) is 0 Å². The molecule has 1 aliphatic heterocycles. The average Bonchev–Trinajstić information content (AvgIpc) is 2.76. The van der Waals surface area contributed by atoms with Gasteiger partial charge in [-0.15, -0.1) is 0 Å². The molecule has 6 heteroatoms. The molecular formula is C24H42B3N3. The molecule has 0 aromatic rings. The summed E-state index contributed by atoms with van der Waals surface area (Å²) in [6.45, 7) is 13.7. The van der Waals surface area contributed by atoms with Gasteiger partial charge < -0.3 is 14.2 Å². The van der Waals surface area contributed by atoms with Crippen molar-refractivity contribution in [2.24, 2.45) is 0 Å². The number of hydrogen-bond acceptors (Lipinski definition) is 3. The molecule has 30 heavy (non-hydrogen) atoms. The molecule has 0 radical (unpaired) electrons. The van der Waals surface area contributed by atoms with E-state index < -0.39 is 0 Å². The second-order valence-electron chi connectivity index (χ2n) is 7.47. The van der Waals surface area contributed by atoms with Crippen molar-refractivity contribution in [1.82, 2.24) is 14.2 Å². The van der Waals surface area contributed by atoms with Crippen LogP contribution in [0, 0.1) is 0 Å². The highest BCUT2D eigenvalue weighted by molar-refractivity contribution is 6.91. The van der Waals surface area contributed by atoms with Crippen LogP contribution in [0.5, 0.6) is 0 Å². The highest BCUT2D eigenvalue weighted by Gasteiger charge is 2.47. The Hall–Kier alpha value is -1.97. The van der Waals surface area contributed by atoms with Gasteiger partial charge in [-0.1, -0.05) is 95.9 Å². The van der Waals surface area contributed by atoms with Gasteiger partial charge in [0.25, 0.3) is 0 Å². The fourth-order valence-electron chi connectivity index (χ4n) is 3.51. The molecule has 0 atom stereocenters. The normalized spacial score (nSPS) is 16.6. The van der Waals surface area contributed by atoms with E-state index in [2.05, 4.69) is 129 Å². The molecule has 0 unspecified atom stereocenters. The van der Waals surface area contributed by atoms with Crippen molar-refractivity contribution >= 4 is 20.9 Å². The van der Waals surface area contributed by atoms with Crippen LogP contribution in [0.2, 0.25) is 0 Å². The zero-order valence-corrected chi connectivity index (χ0v) is 20.2. The Kier molecular flexibility index (Phi) is 13.7. The maximum atomic E-state index is 2.48. The van der Waals surface area contributed by atoms with E-state index >= 15 is 0 Å². The molecule has 0 bridgehead atoms. The molecular weight excluding hydrogens is 363 g/mol. The average molecular weight is 405 g/mol. The number of hydrogen-bond donors (Lipinski definition) is 0. The first-order valence-electron chi connectivity index (χ1n) is 12.0. The van der Waals surface area contributed by atoms with Gasteiger partial charge in [-0.25, -0.2) is 0 Å². The lowest BCUT2D eigenvalue weighted by Gasteiger charge is -2.51. The van der Waals surface area contributed by atoms with Crippen LogP contribution in [0.25, 0.3) is 0 Å². The molecule has 0 aliphatic carbocycles. The van der Waals surface area contributed by atoms with Crippen LogP contribution in [-0.4, -0.2) is 35.1 Å². The third-order valence-electron chi connectivity index (χ3n) is 5.00. The van der Waals surface area contributed by atoms with Gasteiger partial charge >= 0.3 is 20.9 Å². The van der Waals surface area contributed by atoms with Crippen LogP contribution >= 0.6 is 0 Å². The Labute approximate surface area is 188 Å². The molecule has 1 saturated heterocycles. The van der Waals surface area contributed by atoms with Gasteiger partial charge in [-0.2, -0.15) is 0 Å². The summed E-state index contributed by atoms with van der Waals surface area (Å²) in [6, 6.07) is 0. The van der Waals surface area contributed by atoms with E-state index in [0.717, 1.165) is 38.5 Å². The van der Waals surface area contributed by atoms with Gasteiger partial charge in [0, 0.05) is 0 Å². The quantitative estimate of drug-likeness (QED) is 0.337. The van der Waals surface area contributed by atoms with Gasteiger partial charge in [-0.05, 0) is 57.1 Å². The molecule has 162 valence electrons. The van der Waals surface area contributed by atoms with Crippen LogP contribution in [0.1, 0.15) is 80.1 Å². The molecule has 0 saturated carbocycles. The lowest BCUT2D eigenvalue weighted by atomic mass is 9.43. The van der Waals surface area contributed by atoms with Gasteiger partial charge in [-0.3, -0.25) is 0 Å². The van der Waals surface area contributed by atoms with E-state index in [9.17, 15) is 0 Å². The lowest BCUT2D eigenvalue weighted by molar-refractivity contribution is 0.623. The smallest absolute Gasteiger partial charge is 0.380 e. The molecule has 0 amide bonds. The molecule has 3 nitrogen and oxygen atoms in total. The summed E-state index contributed by atoms with van der Waals surface area (Å²) in [4.78, 5) is 0. The summed E-state index contributed by atoms with van der Waals surface area (Å²) in [5.74, 6) is 7.08. The van der Waals surface area contributed by atoms with Crippen LogP contribution < -0.4 is 0 Å². The maximum absolute atomic E-state index is 2.48. The Balaban J connectivity index is 3.67. The van der Waals surface area contributed by atoms with Crippen LogP contribution in [0.3, 0.4) is 0 Å². The molecule has 0 aromatic carbocycles. The summed E-state index contributed by atoms with van der Waals surface area (Å²) < 4.78 is 7.45. The first-order chi connectivity index (χ1) is 14.7. The molecule has 1 heterocycles. The SMILES string of the molecule is CCC=CB1N(C=CCC)B(C=CCC)N(C=CCC)B(C=CCC)N1C=CCC. The third-order valence-corrected chi connectivity index (χ3v) is 5.00. The largest absolute Gasteiger partial charge is 0.424 e. The van der Waals surface area contributed by atoms with Crippen molar-refractivity contribution in [2.75, 3.05) is 0 Å². The van der Waals surface area contributed by atoms with Crippen LogP contribution in [0.15, 0.2) is 73.0 Å². The summed E-state index contributed by atoms with van der Waals surface area (Å²) in [5, 5.41) is 0. The van der Waals surface area contributed by atoms with Crippen molar-refractivity contribution in [3.63, 3.8) is 0 Å².